The molecule has 0 unspecified atom stereocenters. The number of nitrogens with one attached hydrogen (secondary N) is 1. The molecule has 33 heavy (non-hydrogen) atoms. The van der Waals surface area contributed by atoms with E-state index in [4.69, 9.17) is 14.7 Å². The van der Waals surface area contributed by atoms with Gasteiger partial charge in [-0.05, 0) is 61.7 Å². The second-order valence-corrected chi connectivity index (χ2v) is 9.19. The molecule has 8 heteroatoms. The van der Waals surface area contributed by atoms with Crippen molar-refractivity contribution in [3.8, 4) is 0 Å². The molecule has 1 aromatic heterocycles. The summed E-state index contributed by atoms with van der Waals surface area (Å²) in [5.74, 6) is 0.495. The quantitative estimate of drug-likeness (QED) is 0.535. The number of carbonyl (C=O) groups excluding carboxylic acids is 1. The lowest BCUT2D eigenvalue weighted by atomic mass is 10.0. The fourth-order valence-corrected chi connectivity index (χ4v) is 4.53. The Morgan fingerprint density at radius 1 is 1.15 bits per heavy atom. The van der Waals surface area contributed by atoms with E-state index < -0.39 is 0 Å². The fourth-order valence-electron chi connectivity index (χ4n) is 4.27. The van der Waals surface area contributed by atoms with Crippen LogP contribution in [0.3, 0.4) is 0 Å². The Hall–Kier alpha value is -2.97. The number of aliphatic imine (C=N–C) groups is 1. The first-order valence-electron chi connectivity index (χ1n) is 11.2. The van der Waals surface area contributed by atoms with Crippen molar-refractivity contribution < 1.29 is 9.53 Å². The predicted octanol–water partition coefficient (Wildman–Crippen LogP) is 5.06. The molecule has 0 atom stereocenters. The van der Waals surface area contributed by atoms with Gasteiger partial charge in [0.05, 0.1) is 35.7 Å². The summed E-state index contributed by atoms with van der Waals surface area (Å²) >= 11 is 3.41. The summed E-state index contributed by atoms with van der Waals surface area (Å²) in [4.78, 5) is 24.9. The summed E-state index contributed by atoms with van der Waals surface area (Å²) in [7, 11) is 1.97. The summed E-state index contributed by atoms with van der Waals surface area (Å²) < 4.78 is 8.47. The van der Waals surface area contributed by atoms with Crippen molar-refractivity contribution in [3.63, 3.8) is 0 Å². The molecule has 1 amide bonds. The van der Waals surface area contributed by atoms with Crippen molar-refractivity contribution >= 4 is 50.2 Å². The highest BCUT2D eigenvalue weighted by atomic mass is 79.9. The van der Waals surface area contributed by atoms with Gasteiger partial charge in [0.1, 0.15) is 0 Å². The molecule has 7 nitrogen and oxygen atoms in total. The monoisotopic (exact) mass is 507 g/mol. The number of amides is 1. The molecule has 0 bridgehead atoms. The number of hydrogen-bond donors (Lipinski definition) is 1. The topological polar surface area (TPSA) is 71.8 Å². The highest BCUT2D eigenvalue weighted by Gasteiger charge is 2.21. The van der Waals surface area contributed by atoms with Crippen molar-refractivity contribution in [2.24, 2.45) is 12.0 Å². The number of ether oxygens (including phenoxy) is 1. The van der Waals surface area contributed by atoms with Gasteiger partial charge in [-0.15, -0.1) is 0 Å². The molecule has 2 aromatic carbocycles. The molecule has 1 N–H and O–H groups in total. The van der Waals surface area contributed by atoms with E-state index in [0.29, 0.717) is 11.5 Å². The van der Waals surface area contributed by atoms with Gasteiger partial charge in [-0.2, -0.15) is 0 Å². The van der Waals surface area contributed by atoms with Gasteiger partial charge in [-0.25, -0.2) is 9.98 Å². The van der Waals surface area contributed by atoms with Crippen molar-refractivity contribution in [1.29, 1.82) is 0 Å². The number of fused-ring (bicyclic) bond motifs is 1. The lowest BCUT2D eigenvalue weighted by molar-refractivity contribution is 0.0560. The van der Waals surface area contributed by atoms with Crippen LogP contribution in [0, 0.1) is 0 Å². The van der Waals surface area contributed by atoms with E-state index in [1.807, 2.05) is 54.1 Å². The molecular formula is C25H26BrN5O2. The second-order valence-electron chi connectivity index (χ2n) is 8.27. The van der Waals surface area contributed by atoms with E-state index >= 15 is 0 Å². The molecule has 1 saturated heterocycles. The molecular weight excluding hydrogens is 482 g/mol. The predicted molar refractivity (Wildman–Crippen MR) is 134 cm³/mol. The molecule has 170 valence electrons. The molecule has 0 saturated carbocycles. The molecule has 2 aliphatic rings. The van der Waals surface area contributed by atoms with Crippen LogP contribution in [0.2, 0.25) is 0 Å². The number of anilines is 1. The van der Waals surface area contributed by atoms with Gasteiger partial charge < -0.3 is 19.5 Å². The zero-order valence-electron chi connectivity index (χ0n) is 18.6. The first-order chi connectivity index (χ1) is 16.1. The molecule has 2 heterocycles. The lowest BCUT2D eigenvalue weighted by Gasteiger charge is -2.33. The lowest BCUT2D eigenvalue weighted by Crippen LogP contribution is -2.38. The number of benzene rings is 2. The molecule has 3 aromatic rings. The largest absolute Gasteiger partial charge is 0.378 e. The van der Waals surface area contributed by atoms with Crippen molar-refractivity contribution in [3.05, 3.63) is 64.3 Å². The summed E-state index contributed by atoms with van der Waals surface area (Å²) in [6, 6.07) is 13.1. The smallest absolute Gasteiger partial charge is 0.255 e. The summed E-state index contributed by atoms with van der Waals surface area (Å²) in [6.07, 6.45) is 5.40. The van der Waals surface area contributed by atoms with E-state index in [-0.39, 0.29) is 5.91 Å². The highest BCUT2D eigenvalue weighted by Crippen LogP contribution is 2.26. The Balaban J connectivity index is 1.42. The summed E-state index contributed by atoms with van der Waals surface area (Å²) in [5.41, 5.74) is 5.31. The van der Waals surface area contributed by atoms with Crippen molar-refractivity contribution in [2.45, 2.75) is 19.3 Å². The number of halogens is 1. The number of aryl methyl sites for hydroxylation is 1. The molecule has 0 radical (unpaired) electrons. The molecule has 1 fully saturated rings. The van der Waals surface area contributed by atoms with Gasteiger partial charge in [0.25, 0.3) is 5.91 Å². The third-order valence-corrected chi connectivity index (χ3v) is 6.59. The first-order valence-corrected chi connectivity index (χ1v) is 12.0. The van der Waals surface area contributed by atoms with Gasteiger partial charge in [-0.1, -0.05) is 22.0 Å². The molecule has 1 aliphatic carbocycles. The van der Waals surface area contributed by atoms with E-state index in [2.05, 4.69) is 32.2 Å². The van der Waals surface area contributed by atoms with Crippen LogP contribution < -0.4 is 5.32 Å². The Bertz CT molecular complexity index is 1240. The van der Waals surface area contributed by atoms with Crippen molar-refractivity contribution in [1.82, 2.24) is 14.5 Å². The first kappa shape index (κ1) is 21.9. The maximum atomic E-state index is 12.8. The number of carbonyl (C=O) groups is 1. The third-order valence-electron chi connectivity index (χ3n) is 6.06. The van der Waals surface area contributed by atoms with Crippen LogP contribution in [0.1, 0.15) is 29.6 Å². The average Bonchev–Trinajstić information content (AvgIpc) is 3.16. The number of aromatic nitrogens is 2. The summed E-state index contributed by atoms with van der Waals surface area (Å²) in [6.45, 7) is 3.29. The molecule has 1 aliphatic heterocycles. The van der Waals surface area contributed by atoms with E-state index in [1.165, 1.54) is 5.70 Å². The minimum Gasteiger partial charge on any atom is -0.378 e. The zero-order chi connectivity index (χ0) is 22.8. The Kier molecular flexibility index (Phi) is 6.28. The van der Waals surface area contributed by atoms with Crippen LogP contribution >= 0.6 is 15.9 Å². The minimum absolute atomic E-state index is 0.164. The maximum absolute atomic E-state index is 12.8. The molecule has 0 spiro atoms. The normalized spacial score (nSPS) is 17.9. The Labute approximate surface area is 201 Å². The fraction of sp³-hybridized carbons (Fsp3) is 0.320. The maximum Gasteiger partial charge on any atom is 0.255 e. The number of allylic oxidation sites excluding steroid dienone is 2. The van der Waals surface area contributed by atoms with E-state index in [9.17, 15) is 4.79 Å². The minimum atomic E-state index is -0.164. The molecule has 5 rings (SSSR count). The van der Waals surface area contributed by atoms with Gasteiger partial charge in [0.15, 0.2) is 0 Å². The van der Waals surface area contributed by atoms with Gasteiger partial charge in [0, 0.05) is 35.9 Å². The SMILES string of the molecule is Cn1c(N=C2CCCC=C2N2CCOCC2)nc2cc(C(=O)Nc3ccc(Br)cc3)ccc21. The summed E-state index contributed by atoms with van der Waals surface area (Å²) in [5, 5.41) is 2.93. The van der Waals surface area contributed by atoms with Gasteiger partial charge in [0.2, 0.25) is 5.95 Å². The average molecular weight is 508 g/mol. The number of morpholine rings is 1. The van der Waals surface area contributed by atoms with E-state index in [0.717, 1.165) is 72.5 Å². The number of imidazole rings is 1. The van der Waals surface area contributed by atoms with Crippen LogP contribution in [-0.4, -0.2) is 52.4 Å². The second kappa shape index (κ2) is 9.49. The van der Waals surface area contributed by atoms with Crippen LogP contribution in [0.5, 0.6) is 0 Å². The number of hydrogen-bond acceptors (Lipinski definition) is 5. The van der Waals surface area contributed by atoms with E-state index in [1.54, 1.807) is 0 Å². The van der Waals surface area contributed by atoms with Crippen LogP contribution in [0.15, 0.2) is 63.7 Å². The van der Waals surface area contributed by atoms with Gasteiger partial charge in [-0.3, -0.25) is 4.79 Å². The Morgan fingerprint density at radius 3 is 2.73 bits per heavy atom. The highest BCUT2D eigenvalue weighted by molar-refractivity contribution is 9.10. The third kappa shape index (κ3) is 4.72. The number of rotatable bonds is 4. The van der Waals surface area contributed by atoms with Crippen LogP contribution in [0.25, 0.3) is 11.0 Å². The van der Waals surface area contributed by atoms with Gasteiger partial charge >= 0.3 is 0 Å². The van der Waals surface area contributed by atoms with Crippen molar-refractivity contribution in [2.75, 3.05) is 31.6 Å². The zero-order valence-corrected chi connectivity index (χ0v) is 20.1. The van der Waals surface area contributed by atoms with Crippen LogP contribution in [-0.2, 0) is 11.8 Å². The van der Waals surface area contributed by atoms with Crippen LogP contribution in [0.4, 0.5) is 11.6 Å². The standard InChI is InChI=1S/C25H26BrN5O2/c1-30-22-11-6-17(24(32)27-19-9-7-18(26)8-10-19)16-21(22)29-25(30)28-20-4-2-3-5-23(20)31-12-14-33-15-13-31/h5-11,16H,2-4,12-15H2,1H3,(H,27,32). The Morgan fingerprint density at radius 2 is 1.94 bits per heavy atom. The number of nitrogens with zero attached hydrogens (tertiary/aromatic N) is 4.